The molecule has 0 spiro atoms. The van der Waals surface area contributed by atoms with Crippen LogP contribution in [0.1, 0.15) is 0 Å². The molecule has 0 amide bonds. The van der Waals surface area contributed by atoms with Gasteiger partial charge in [0, 0.05) is 26.6 Å². The molecule has 11 aromatic rings. The SMILES string of the molecule is c1ccc(-c2ccc(-c3cccc(-c4cccc(-c5nc(-c6cccc(-c7cccc(-c8cccc(-c9ccccc9)c8)c7)c6)nc6sc7ccccc7c56)c4)c3)cc2)cc1. The van der Waals surface area contributed by atoms with E-state index in [9.17, 15) is 0 Å². The molecule has 0 atom stereocenters. The molecular weight excluding hydrogens is 757 g/mol. The Bertz CT molecular complexity index is 3350. The van der Waals surface area contributed by atoms with Gasteiger partial charge in [-0.1, -0.05) is 194 Å². The zero-order valence-corrected chi connectivity index (χ0v) is 34.1. The molecule has 2 aromatic heterocycles. The van der Waals surface area contributed by atoms with Gasteiger partial charge in [-0.2, -0.15) is 0 Å². The van der Waals surface area contributed by atoms with Crippen molar-refractivity contribution in [2.75, 3.05) is 0 Å². The van der Waals surface area contributed by atoms with Gasteiger partial charge in [0.2, 0.25) is 0 Å². The highest BCUT2D eigenvalue weighted by atomic mass is 32.1. The van der Waals surface area contributed by atoms with Crippen LogP contribution in [0.25, 0.3) is 110 Å². The Hall–Kier alpha value is -7.72. The topological polar surface area (TPSA) is 25.8 Å². The second kappa shape index (κ2) is 15.8. The second-order valence-corrected chi connectivity index (χ2v) is 16.4. The summed E-state index contributed by atoms with van der Waals surface area (Å²) in [6.45, 7) is 0. The molecule has 0 aliphatic heterocycles. The van der Waals surface area contributed by atoms with Crippen LogP contribution < -0.4 is 0 Å². The van der Waals surface area contributed by atoms with Gasteiger partial charge in [0.25, 0.3) is 0 Å². The molecule has 0 aliphatic carbocycles. The quantitative estimate of drug-likeness (QED) is 0.153. The molecule has 0 saturated heterocycles. The zero-order valence-electron chi connectivity index (χ0n) is 33.2. The fraction of sp³-hybridized carbons (Fsp3) is 0. The van der Waals surface area contributed by atoms with Crippen molar-refractivity contribution in [1.29, 1.82) is 0 Å². The van der Waals surface area contributed by atoms with E-state index in [1.807, 2.05) is 0 Å². The van der Waals surface area contributed by atoms with E-state index < -0.39 is 0 Å². The maximum absolute atomic E-state index is 5.43. The Kier molecular flexibility index (Phi) is 9.42. The number of hydrogen-bond donors (Lipinski definition) is 0. The van der Waals surface area contributed by atoms with Crippen molar-refractivity contribution >= 4 is 31.6 Å². The first-order valence-electron chi connectivity index (χ1n) is 20.6. The van der Waals surface area contributed by atoms with E-state index >= 15 is 0 Å². The molecule has 286 valence electrons. The van der Waals surface area contributed by atoms with E-state index in [-0.39, 0.29) is 0 Å². The summed E-state index contributed by atoms with van der Waals surface area (Å²) < 4.78 is 1.20. The molecule has 3 heteroatoms. The summed E-state index contributed by atoms with van der Waals surface area (Å²) in [7, 11) is 0. The zero-order chi connectivity index (χ0) is 40.5. The van der Waals surface area contributed by atoms with Crippen molar-refractivity contribution in [1.82, 2.24) is 9.97 Å². The monoisotopic (exact) mass is 794 g/mol. The fourth-order valence-corrected chi connectivity index (χ4v) is 9.47. The lowest BCUT2D eigenvalue weighted by atomic mass is 9.95. The van der Waals surface area contributed by atoms with Crippen LogP contribution in [-0.2, 0) is 0 Å². The highest BCUT2D eigenvalue weighted by molar-refractivity contribution is 7.25. The van der Waals surface area contributed by atoms with E-state index in [1.165, 1.54) is 54.6 Å². The Morgan fingerprint density at radius 1 is 0.262 bits per heavy atom. The summed E-state index contributed by atoms with van der Waals surface area (Å²) in [6, 6.07) is 82.4. The molecule has 2 heterocycles. The minimum absolute atomic E-state index is 0.717. The highest BCUT2D eigenvalue weighted by Crippen LogP contribution is 2.41. The number of fused-ring (bicyclic) bond motifs is 3. The Morgan fingerprint density at radius 2 is 0.607 bits per heavy atom. The molecule has 61 heavy (non-hydrogen) atoms. The first-order chi connectivity index (χ1) is 30.2. The van der Waals surface area contributed by atoms with Crippen LogP contribution in [0, 0.1) is 0 Å². The van der Waals surface area contributed by atoms with Gasteiger partial charge in [-0.25, -0.2) is 9.97 Å². The molecule has 0 fully saturated rings. The van der Waals surface area contributed by atoms with E-state index in [4.69, 9.17) is 9.97 Å². The number of aromatic nitrogens is 2. The highest BCUT2D eigenvalue weighted by Gasteiger charge is 2.18. The van der Waals surface area contributed by atoms with Crippen molar-refractivity contribution in [2.24, 2.45) is 0 Å². The lowest BCUT2D eigenvalue weighted by molar-refractivity contribution is 1.24. The van der Waals surface area contributed by atoms with Crippen LogP contribution in [0.2, 0.25) is 0 Å². The number of benzene rings is 9. The van der Waals surface area contributed by atoms with Crippen LogP contribution >= 0.6 is 11.3 Å². The van der Waals surface area contributed by atoms with Gasteiger partial charge in [-0.15, -0.1) is 11.3 Å². The van der Waals surface area contributed by atoms with Crippen LogP contribution in [0.15, 0.2) is 231 Å². The third kappa shape index (κ3) is 7.22. The van der Waals surface area contributed by atoms with Gasteiger partial charge in [0.1, 0.15) is 4.83 Å². The van der Waals surface area contributed by atoms with Crippen LogP contribution in [0.4, 0.5) is 0 Å². The van der Waals surface area contributed by atoms with Gasteiger partial charge in [-0.05, 0) is 103 Å². The molecule has 0 N–H and O–H groups in total. The number of thiophene rings is 1. The van der Waals surface area contributed by atoms with Gasteiger partial charge >= 0.3 is 0 Å². The summed E-state index contributed by atoms with van der Waals surface area (Å²) in [6.07, 6.45) is 0. The third-order valence-electron chi connectivity index (χ3n) is 11.5. The van der Waals surface area contributed by atoms with Crippen LogP contribution in [0.5, 0.6) is 0 Å². The van der Waals surface area contributed by atoms with Crippen molar-refractivity contribution < 1.29 is 0 Å². The molecule has 0 bridgehead atoms. The summed E-state index contributed by atoms with van der Waals surface area (Å²) in [5.41, 5.74) is 17.2. The number of rotatable bonds is 8. The molecule has 2 nitrogen and oxygen atoms in total. The van der Waals surface area contributed by atoms with Gasteiger partial charge in [0.05, 0.1) is 5.69 Å². The van der Waals surface area contributed by atoms with E-state index in [1.54, 1.807) is 11.3 Å². The fourth-order valence-electron chi connectivity index (χ4n) is 8.40. The molecular formula is C58H38N2S. The summed E-state index contributed by atoms with van der Waals surface area (Å²) in [5.74, 6) is 0.717. The van der Waals surface area contributed by atoms with Crippen molar-refractivity contribution in [3.8, 4) is 89.4 Å². The maximum atomic E-state index is 5.43. The number of hydrogen-bond acceptors (Lipinski definition) is 3. The molecule has 0 unspecified atom stereocenters. The van der Waals surface area contributed by atoms with Crippen molar-refractivity contribution in [3.05, 3.63) is 231 Å². The average molecular weight is 795 g/mol. The van der Waals surface area contributed by atoms with Gasteiger partial charge in [0.15, 0.2) is 5.82 Å². The Balaban J connectivity index is 0.960. The van der Waals surface area contributed by atoms with E-state index in [0.29, 0.717) is 5.82 Å². The van der Waals surface area contributed by atoms with Gasteiger partial charge < -0.3 is 0 Å². The number of nitrogens with zero attached hydrogens (tertiary/aromatic N) is 2. The summed E-state index contributed by atoms with van der Waals surface area (Å²) in [5, 5.41) is 2.27. The predicted molar refractivity (Wildman–Crippen MR) is 258 cm³/mol. The van der Waals surface area contributed by atoms with Crippen molar-refractivity contribution in [2.45, 2.75) is 0 Å². The predicted octanol–water partition coefficient (Wildman–Crippen LogP) is 16.2. The molecule has 0 saturated carbocycles. The Labute approximate surface area is 359 Å². The maximum Gasteiger partial charge on any atom is 0.161 e. The second-order valence-electron chi connectivity index (χ2n) is 15.4. The smallest absolute Gasteiger partial charge is 0.161 e. The summed E-state index contributed by atoms with van der Waals surface area (Å²) >= 11 is 1.73. The first kappa shape index (κ1) is 36.4. The normalized spacial score (nSPS) is 11.3. The molecule has 11 rings (SSSR count). The average Bonchev–Trinajstić information content (AvgIpc) is 3.73. The van der Waals surface area contributed by atoms with Crippen molar-refractivity contribution in [3.63, 3.8) is 0 Å². The first-order valence-corrected chi connectivity index (χ1v) is 21.4. The third-order valence-corrected chi connectivity index (χ3v) is 12.6. The standard InChI is InChI=1S/C58H38N2S/c1-3-14-39(15-4-1)41-30-32-42(33-31-41)44-19-10-21-46(35-44)49-24-12-26-51(37-49)56-55-53-28-7-8-29-54(53)61-58(55)60-57(59-56)52-27-13-25-50(38-52)48-23-11-22-47(36-48)45-20-9-18-43(34-45)40-16-5-2-6-17-40/h1-38H. The molecule has 9 aromatic carbocycles. The Morgan fingerprint density at radius 3 is 1.13 bits per heavy atom. The van der Waals surface area contributed by atoms with Crippen LogP contribution in [-0.4, -0.2) is 9.97 Å². The molecule has 0 radical (unpaired) electrons. The largest absolute Gasteiger partial charge is 0.227 e. The molecule has 0 aliphatic rings. The van der Waals surface area contributed by atoms with Gasteiger partial charge in [-0.3, -0.25) is 0 Å². The lowest BCUT2D eigenvalue weighted by Crippen LogP contribution is -1.94. The minimum atomic E-state index is 0.717. The minimum Gasteiger partial charge on any atom is -0.227 e. The lowest BCUT2D eigenvalue weighted by Gasteiger charge is -2.12. The van der Waals surface area contributed by atoms with E-state index in [2.05, 4.69) is 231 Å². The van der Waals surface area contributed by atoms with E-state index in [0.717, 1.165) is 49.3 Å². The summed E-state index contributed by atoms with van der Waals surface area (Å²) in [4.78, 5) is 11.7. The van der Waals surface area contributed by atoms with Crippen LogP contribution in [0.3, 0.4) is 0 Å².